The SMILES string of the molecule is O=C(CCC1NC(=O)N(C2CCCCC2)C1=O)N1CCc2cc(Cl)ccc21. The molecule has 27 heavy (non-hydrogen) atoms. The van der Waals surface area contributed by atoms with Gasteiger partial charge in [0.25, 0.3) is 5.91 Å². The summed E-state index contributed by atoms with van der Waals surface area (Å²) in [7, 11) is 0. The minimum Gasteiger partial charge on any atom is -0.326 e. The van der Waals surface area contributed by atoms with Gasteiger partial charge in [-0.05, 0) is 49.4 Å². The first-order valence-electron chi connectivity index (χ1n) is 9.77. The third-order valence-electron chi connectivity index (χ3n) is 5.88. The van der Waals surface area contributed by atoms with E-state index in [1.54, 1.807) is 11.0 Å². The number of hydrogen-bond acceptors (Lipinski definition) is 3. The number of amides is 4. The number of carbonyl (C=O) groups excluding carboxylic acids is 3. The zero-order valence-electron chi connectivity index (χ0n) is 15.2. The van der Waals surface area contributed by atoms with Crippen LogP contribution in [0.2, 0.25) is 5.02 Å². The summed E-state index contributed by atoms with van der Waals surface area (Å²) >= 11 is 6.02. The molecule has 1 aromatic rings. The summed E-state index contributed by atoms with van der Waals surface area (Å²) in [5.74, 6) is -0.192. The second kappa shape index (κ2) is 7.50. The number of imide groups is 1. The summed E-state index contributed by atoms with van der Waals surface area (Å²) in [5.41, 5.74) is 1.97. The fourth-order valence-corrected chi connectivity index (χ4v) is 4.66. The first-order valence-corrected chi connectivity index (χ1v) is 10.1. The molecule has 0 bridgehead atoms. The van der Waals surface area contributed by atoms with Crippen molar-refractivity contribution in [3.8, 4) is 0 Å². The molecule has 0 spiro atoms. The number of hydrogen-bond donors (Lipinski definition) is 1. The van der Waals surface area contributed by atoms with E-state index < -0.39 is 6.04 Å². The first kappa shape index (κ1) is 18.3. The summed E-state index contributed by atoms with van der Waals surface area (Å²) in [4.78, 5) is 40.8. The summed E-state index contributed by atoms with van der Waals surface area (Å²) in [6.45, 7) is 0.633. The molecule has 0 aromatic heterocycles. The van der Waals surface area contributed by atoms with Crippen LogP contribution in [0.5, 0.6) is 0 Å². The van der Waals surface area contributed by atoms with Crippen molar-refractivity contribution in [2.24, 2.45) is 0 Å². The molecule has 4 rings (SSSR count). The highest BCUT2D eigenvalue weighted by molar-refractivity contribution is 6.30. The topological polar surface area (TPSA) is 69.7 Å². The number of nitrogens with zero attached hydrogens (tertiary/aromatic N) is 2. The van der Waals surface area contributed by atoms with Crippen LogP contribution in [-0.4, -0.2) is 41.4 Å². The van der Waals surface area contributed by atoms with Crippen LogP contribution in [0.25, 0.3) is 0 Å². The van der Waals surface area contributed by atoms with Crippen LogP contribution in [0.4, 0.5) is 10.5 Å². The van der Waals surface area contributed by atoms with Gasteiger partial charge in [0.15, 0.2) is 0 Å². The smallest absolute Gasteiger partial charge is 0.325 e. The molecule has 1 saturated carbocycles. The van der Waals surface area contributed by atoms with Gasteiger partial charge in [-0.3, -0.25) is 14.5 Å². The van der Waals surface area contributed by atoms with Gasteiger partial charge in [0.05, 0.1) is 0 Å². The highest BCUT2D eigenvalue weighted by Crippen LogP contribution is 2.31. The molecule has 1 aliphatic carbocycles. The molecule has 6 nitrogen and oxygen atoms in total. The largest absolute Gasteiger partial charge is 0.326 e. The molecule has 0 radical (unpaired) electrons. The predicted octanol–water partition coefficient (Wildman–Crippen LogP) is 3.26. The van der Waals surface area contributed by atoms with Gasteiger partial charge in [0.2, 0.25) is 5.91 Å². The summed E-state index contributed by atoms with van der Waals surface area (Å²) in [6.07, 6.45) is 6.42. The lowest BCUT2D eigenvalue weighted by atomic mass is 9.94. The molecule has 1 aromatic carbocycles. The van der Waals surface area contributed by atoms with Crippen LogP contribution in [0.15, 0.2) is 18.2 Å². The van der Waals surface area contributed by atoms with Crippen LogP contribution in [0.1, 0.15) is 50.5 Å². The van der Waals surface area contributed by atoms with Crippen LogP contribution < -0.4 is 10.2 Å². The molecule has 3 aliphatic rings. The Morgan fingerprint density at radius 2 is 1.96 bits per heavy atom. The van der Waals surface area contributed by atoms with Gasteiger partial charge in [-0.25, -0.2) is 4.79 Å². The van der Waals surface area contributed by atoms with Crippen LogP contribution in [0, 0.1) is 0 Å². The molecule has 1 atom stereocenters. The highest BCUT2D eigenvalue weighted by Gasteiger charge is 2.42. The quantitative estimate of drug-likeness (QED) is 0.803. The van der Waals surface area contributed by atoms with E-state index in [0.717, 1.165) is 43.4 Å². The van der Waals surface area contributed by atoms with Crippen molar-refractivity contribution in [3.63, 3.8) is 0 Å². The normalized spacial score (nSPS) is 22.9. The number of halogens is 1. The Kier molecular flexibility index (Phi) is 5.08. The Morgan fingerprint density at radius 3 is 2.74 bits per heavy atom. The maximum atomic E-state index is 12.7. The van der Waals surface area contributed by atoms with E-state index >= 15 is 0 Å². The van der Waals surface area contributed by atoms with Gasteiger partial charge >= 0.3 is 6.03 Å². The van der Waals surface area contributed by atoms with Gasteiger partial charge in [-0.1, -0.05) is 30.9 Å². The van der Waals surface area contributed by atoms with Crippen LogP contribution >= 0.6 is 11.6 Å². The monoisotopic (exact) mass is 389 g/mol. The van der Waals surface area contributed by atoms with Crippen molar-refractivity contribution in [1.82, 2.24) is 10.2 Å². The number of anilines is 1. The molecular weight excluding hydrogens is 366 g/mol. The molecule has 1 saturated heterocycles. The van der Waals surface area contributed by atoms with Crippen molar-refractivity contribution in [1.29, 1.82) is 0 Å². The van der Waals surface area contributed by atoms with Crippen molar-refractivity contribution < 1.29 is 14.4 Å². The lowest BCUT2D eigenvalue weighted by Crippen LogP contribution is -2.42. The Morgan fingerprint density at radius 1 is 1.19 bits per heavy atom. The molecule has 1 unspecified atom stereocenters. The van der Waals surface area contributed by atoms with Crippen LogP contribution in [-0.2, 0) is 16.0 Å². The summed E-state index contributed by atoms with van der Waals surface area (Å²) < 4.78 is 0. The average Bonchev–Trinajstić information content (AvgIpc) is 3.20. The Labute approximate surface area is 163 Å². The molecule has 2 aliphatic heterocycles. The van der Waals surface area contributed by atoms with Crippen molar-refractivity contribution in [2.75, 3.05) is 11.4 Å². The van der Waals surface area contributed by atoms with E-state index in [1.165, 1.54) is 11.3 Å². The fraction of sp³-hybridized carbons (Fsp3) is 0.550. The maximum Gasteiger partial charge on any atom is 0.325 e. The predicted molar refractivity (Wildman–Crippen MR) is 103 cm³/mol. The summed E-state index contributed by atoms with van der Waals surface area (Å²) in [6, 6.07) is 4.68. The number of carbonyl (C=O) groups is 3. The van der Waals surface area contributed by atoms with Crippen molar-refractivity contribution >= 4 is 35.1 Å². The van der Waals surface area contributed by atoms with Crippen molar-refractivity contribution in [3.05, 3.63) is 28.8 Å². The van der Waals surface area contributed by atoms with E-state index in [4.69, 9.17) is 11.6 Å². The fourth-order valence-electron chi connectivity index (χ4n) is 4.46. The Hall–Kier alpha value is -2.08. The van der Waals surface area contributed by atoms with Gasteiger partial charge in [0, 0.05) is 29.7 Å². The standard InChI is InChI=1S/C20H24ClN3O3/c21-14-6-8-17-13(12-14)10-11-23(17)18(25)9-7-16-19(26)24(20(27)22-16)15-4-2-1-3-5-15/h6,8,12,15-16H,1-5,7,9-11H2,(H,22,27). The van der Waals surface area contributed by atoms with E-state index in [-0.39, 0.29) is 30.3 Å². The molecule has 4 amide bonds. The average molecular weight is 390 g/mol. The molecule has 144 valence electrons. The molecule has 2 heterocycles. The molecule has 1 N–H and O–H groups in total. The van der Waals surface area contributed by atoms with Gasteiger partial charge in [-0.2, -0.15) is 0 Å². The zero-order valence-corrected chi connectivity index (χ0v) is 16.0. The lowest BCUT2D eigenvalue weighted by molar-refractivity contribution is -0.129. The Balaban J connectivity index is 1.36. The van der Waals surface area contributed by atoms with E-state index in [1.807, 2.05) is 12.1 Å². The van der Waals surface area contributed by atoms with Gasteiger partial charge < -0.3 is 10.2 Å². The van der Waals surface area contributed by atoms with Crippen LogP contribution in [0.3, 0.4) is 0 Å². The number of urea groups is 1. The lowest BCUT2D eigenvalue weighted by Gasteiger charge is -2.28. The minimum absolute atomic E-state index is 0.0159. The number of benzene rings is 1. The van der Waals surface area contributed by atoms with E-state index in [0.29, 0.717) is 18.0 Å². The molecular formula is C20H24ClN3O3. The molecule has 2 fully saturated rings. The van der Waals surface area contributed by atoms with Gasteiger partial charge in [-0.15, -0.1) is 0 Å². The highest BCUT2D eigenvalue weighted by atomic mass is 35.5. The van der Waals surface area contributed by atoms with Gasteiger partial charge in [0.1, 0.15) is 6.04 Å². The van der Waals surface area contributed by atoms with E-state index in [9.17, 15) is 14.4 Å². The third kappa shape index (κ3) is 3.55. The number of rotatable bonds is 4. The summed E-state index contributed by atoms with van der Waals surface area (Å²) in [5, 5.41) is 3.44. The second-order valence-corrected chi connectivity index (χ2v) is 8.05. The zero-order chi connectivity index (χ0) is 19.0. The third-order valence-corrected chi connectivity index (χ3v) is 6.11. The first-order chi connectivity index (χ1) is 13.0. The number of fused-ring (bicyclic) bond motifs is 1. The Bertz CT molecular complexity index is 776. The van der Waals surface area contributed by atoms with Crippen molar-refractivity contribution in [2.45, 2.75) is 63.5 Å². The minimum atomic E-state index is -0.587. The maximum absolute atomic E-state index is 12.7. The second-order valence-electron chi connectivity index (χ2n) is 7.61. The molecule has 7 heteroatoms. The number of nitrogens with one attached hydrogen (secondary N) is 1. The van der Waals surface area contributed by atoms with E-state index in [2.05, 4.69) is 5.32 Å².